The third-order valence-corrected chi connectivity index (χ3v) is 4.73. The van der Waals surface area contributed by atoms with Crippen molar-refractivity contribution in [2.24, 2.45) is 0 Å². The zero-order valence-electron chi connectivity index (χ0n) is 12.3. The van der Waals surface area contributed by atoms with E-state index >= 15 is 0 Å². The molecule has 1 saturated heterocycles. The fourth-order valence-electron chi connectivity index (χ4n) is 3.20. The van der Waals surface area contributed by atoms with Gasteiger partial charge in [-0.05, 0) is 54.7 Å². The van der Waals surface area contributed by atoms with Crippen LogP contribution in [-0.4, -0.2) is 50.3 Å². The zero-order valence-corrected chi connectivity index (χ0v) is 13.9. The highest BCUT2D eigenvalue weighted by molar-refractivity contribution is 9.10. The quantitative estimate of drug-likeness (QED) is 0.897. The maximum Gasteiger partial charge on any atom is 0.177 e. The van der Waals surface area contributed by atoms with E-state index in [9.17, 15) is 5.11 Å². The molecular weight excluding hydrogens is 332 g/mol. The maximum absolute atomic E-state index is 9.37. The van der Waals surface area contributed by atoms with Crippen molar-refractivity contribution in [3.8, 4) is 0 Å². The Labute approximate surface area is 133 Å². The van der Waals surface area contributed by atoms with Gasteiger partial charge in [0.05, 0.1) is 12.1 Å². The average molecular weight is 353 g/mol. The maximum atomic E-state index is 9.37. The molecule has 1 N–H and O–H groups in total. The smallest absolute Gasteiger partial charge is 0.177 e. The Morgan fingerprint density at radius 2 is 2.29 bits per heavy atom. The van der Waals surface area contributed by atoms with Crippen molar-refractivity contribution in [2.45, 2.75) is 38.8 Å². The molecule has 1 aliphatic rings. The Bertz CT molecular complexity index is 627. The summed E-state index contributed by atoms with van der Waals surface area (Å²) in [6, 6.07) is 2.44. The van der Waals surface area contributed by atoms with Crippen molar-refractivity contribution in [2.75, 3.05) is 19.7 Å². The van der Waals surface area contributed by atoms with Crippen molar-refractivity contribution >= 4 is 27.1 Å². The van der Waals surface area contributed by atoms with Crippen LogP contribution in [-0.2, 0) is 6.54 Å². The first-order chi connectivity index (χ1) is 10.2. The van der Waals surface area contributed by atoms with E-state index in [0.29, 0.717) is 6.04 Å². The van der Waals surface area contributed by atoms with Gasteiger partial charge in [0, 0.05) is 29.8 Å². The van der Waals surface area contributed by atoms with Crippen LogP contribution in [0.2, 0.25) is 0 Å². The van der Waals surface area contributed by atoms with Crippen LogP contribution in [0.25, 0.3) is 11.2 Å². The summed E-state index contributed by atoms with van der Waals surface area (Å²) >= 11 is 3.48. The molecular formula is C15H21BrN4O. The first kappa shape index (κ1) is 14.9. The Morgan fingerprint density at radius 1 is 1.43 bits per heavy atom. The average Bonchev–Trinajstić information content (AvgIpc) is 3.04. The molecule has 0 saturated carbocycles. The van der Waals surface area contributed by atoms with Gasteiger partial charge in [-0.3, -0.25) is 4.90 Å². The van der Waals surface area contributed by atoms with Crippen LogP contribution in [0.1, 0.15) is 25.1 Å². The van der Waals surface area contributed by atoms with Crippen LogP contribution in [0.4, 0.5) is 0 Å². The molecule has 0 aliphatic carbocycles. The Hall–Kier alpha value is -0.980. The van der Waals surface area contributed by atoms with E-state index in [1.165, 1.54) is 6.42 Å². The number of hydrogen-bond acceptors (Lipinski definition) is 4. The molecule has 0 unspecified atom stereocenters. The number of pyridine rings is 1. The topological polar surface area (TPSA) is 54.2 Å². The van der Waals surface area contributed by atoms with E-state index in [-0.39, 0.29) is 6.61 Å². The summed E-state index contributed by atoms with van der Waals surface area (Å²) in [6.07, 6.45) is 5.18. The summed E-state index contributed by atoms with van der Waals surface area (Å²) in [4.78, 5) is 11.3. The third kappa shape index (κ3) is 3.12. The van der Waals surface area contributed by atoms with Crippen LogP contribution in [0.3, 0.4) is 0 Å². The molecule has 0 aromatic carbocycles. The number of hydrogen-bond donors (Lipinski definition) is 1. The molecule has 3 heterocycles. The SMILES string of the molecule is Cc1nc2ncc(Br)cc2n1CCCN1CCC[C@H]1CO. The summed E-state index contributed by atoms with van der Waals surface area (Å²) in [5.41, 5.74) is 1.90. The highest BCUT2D eigenvalue weighted by Gasteiger charge is 2.22. The van der Waals surface area contributed by atoms with Gasteiger partial charge < -0.3 is 9.67 Å². The van der Waals surface area contributed by atoms with Gasteiger partial charge in [0.25, 0.3) is 0 Å². The first-order valence-corrected chi connectivity index (χ1v) is 8.31. The summed E-state index contributed by atoms with van der Waals surface area (Å²) in [5.74, 6) is 1.01. The molecule has 3 rings (SSSR count). The molecule has 2 aromatic heterocycles. The minimum absolute atomic E-state index is 0.282. The molecule has 1 aliphatic heterocycles. The number of likely N-dealkylation sites (tertiary alicyclic amines) is 1. The molecule has 1 fully saturated rings. The van der Waals surface area contributed by atoms with Crippen LogP contribution >= 0.6 is 15.9 Å². The van der Waals surface area contributed by atoms with Crippen LogP contribution in [0, 0.1) is 6.92 Å². The van der Waals surface area contributed by atoms with Crippen molar-refractivity contribution in [1.29, 1.82) is 0 Å². The minimum atomic E-state index is 0.282. The molecule has 0 amide bonds. The van der Waals surface area contributed by atoms with Crippen molar-refractivity contribution in [1.82, 2.24) is 19.4 Å². The summed E-state index contributed by atoms with van der Waals surface area (Å²) in [7, 11) is 0. The fourth-order valence-corrected chi connectivity index (χ4v) is 3.52. The largest absolute Gasteiger partial charge is 0.395 e. The number of aromatic nitrogens is 3. The molecule has 6 heteroatoms. The predicted octanol–water partition coefficient (Wildman–Crippen LogP) is 2.35. The van der Waals surface area contributed by atoms with Crippen molar-refractivity contribution in [3.05, 3.63) is 22.6 Å². The Kier molecular flexibility index (Phi) is 4.57. The lowest BCUT2D eigenvalue weighted by atomic mass is 10.2. The molecule has 114 valence electrons. The number of aliphatic hydroxyl groups excluding tert-OH is 1. The first-order valence-electron chi connectivity index (χ1n) is 7.52. The zero-order chi connectivity index (χ0) is 14.8. The number of fused-ring (bicyclic) bond motifs is 1. The van der Waals surface area contributed by atoms with E-state index in [2.05, 4.69) is 41.4 Å². The number of halogens is 1. The molecule has 0 bridgehead atoms. The summed E-state index contributed by atoms with van der Waals surface area (Å²) in [5, 5.41) is 9.37. The molecule has 5 nitrogen and oxygen atoms in total. The van der Waals surface area contributed by atoms with E-state index < -0.39 is 0 Å². The second-order valence-corrected chi connectivity index (χ2v) is 6.59. The lowest BCUT2D eigenvalue weighted by molar-refractivity contribution is 0.156. The monoisotopic (exact) mass is 352 g/mol. The van der Waals surface area contributed by atoms with Gasteiger partial charge in [-0.2, -0.15) is 0 Å². The number of imidazole rings is 1. The standard InChI is InChI=1S/C15H21BrN4O/c1-11-18-15-14(8-12(16)9-17-15)20(11)7-3-6-19-5-2-4-13(19)10-21/h8-9,13,21H,2-7,10H2,1H3/t13-/m0/s1. The highest BCUT2D eigenvalue weighted by Crippen LogP contribution is 2.20. The van der Waals surface area contributed by atoms with E-state index in [1.54, 1.807) is 6.20 Å². The van der Waals surface area contributed by atoms with Gasteiger partial charge in [-0.1, -0.05) is 0 Å². The van der Waals surface area contributed by atoms with Crippen LogP contribution in [0.5, 0.6) is 0 Å². The summed E-state index contributed by atoms with van der Waals surface area (Å²) < 4.78 is 3.22. The Morgan fingerprint density at radius 3 is 3.10 bits per heavy atom. The van der Waals surface area contributed by atoms with Crippen molar-refractivity contribution in [3.63, 3.8) is 0 Å². The second-order valence-electron chi connectivity index (χ2n) is 5.68. The second kappa shape index (κ2) is 6.42. The van der Waals surface area contributed by atoms with E-state index in [1.807, 2.05) is 6.92 Å². The lowest BCUT2D eigenvalue weighted by Gasteiger charge is -2.22. The molecule has 1 atom stereocenters. The van der Waals surface area contributed by atoms with Gasteiger partial charge in [0.2, 0.25) is 0 Å². The van der Waals surface area contributed by atoms with E-state index in [4.69, 9.17) is 0 Å². The molecule has 0 spiro atoms. The lowest BCUT2D eigenvalue weighted by Crippen LogP contribution is -2.33. The van der Waals surface area contributed by atoms with Gasteiger partial charge in [-0.25, -0.2) is 9.97 Å². The Balaban J connectivity index is 1.68. The number of rotatable bonds is 5. The third-order valence-electron chi connectivity index (χ3n) is 4.30. The number of aliphatic hydroxyl groups is 1. The molecule has 21 heavy (non-hydrogen) atoms. The normalized spacial score (nSPS) is 19.7. The van der Waals surface area contributed by atoms with Crippen LogP contribution < -0.4 is 0 Å². The van der Waals surface area contributed by atoms with Gasteiger partial charge >= 0.3 is 0 Å². The fraction of sp³-hybridized carbons (Fsp3) is 0.600. The van der Waals surface area contributed by atoms with Gasteiger partial charge in [-0.15, -0.1) is 0 Å². The van der Waals surface area contributed by atoms with Gasteiger partial charge in [0.15, 0.2) is 5.65 Å². The summed E-state index contributed by atoms with van der Waals surface area (Å²) in [6.45, 7) is 5.40. The highest BCUT2D eigenvalue weighted by atomic mass is 79.9. The molecule has 2 aromatic rings. The molecule has 0 radical (unpaired) electrons. The predicted molar refractivity (Wildman–Crippen MR) is 86.3 cm³/mol. The number of nitrogens with zero attached hydrogens (tertiary/aromatic N) is 4. The van der Waals surface area contributed by atoms with E-state index in [0.717, 1.165) is 53.9 Å². The van der Waals surface area contributed by atoms with Crippen LogP contribution in [0.15, 0.2) is 16.7 Å². The minimum Gasteiger partial charge on any atom is -0.395 e. The van der Waals surface area contributed by atoms with Crippen molar-refractivity contribution < 1.29 is 5.11 Å². The van der Waals surface area contributed by atoms with Gasteiger partial charge in [0.1, 0.15) is 5.82 Å². The number of aryl methyl sites for hydroxylation is 2.